The quantitative estimate of drug-likeness (QED) is 0.605. The number of benzene rings is 2. The first-order chi connectivity index (χ1) is 14.2. The van der Waals surface area contributed by atoms with E-state index in [1.54, 1.807) is 30.6 Å². The molecule has 5 rings (SSSR count). The smallest absolute Gasteiger partial charge is 0.251 e. The number of nitrogens with one attached hydrogen (secondary N) is 1. The summed E-state index contributed by atoms with van der Waals surface area (Å²) in [5.41, 5.74) is 1.37. The summed E-state index contributed by atoms with van der Waals surface area (Å²) >= 11 is 5.91. The molecule has 2 aliphatic carbocycles. The first kappa shape index (κ1) is 19.5. The van der Waals surface area contributed by atoms with Crippen molar-refractivity contribution in [2.24, 2.45) is 17.8 Å². The minimum atomic E-state index is -0.875. The Morgan fingerprint density at radius 3 is 2.43 bits per heavy atom. The van der Waals surface area contributed by atoms with Crippen molar-refractivity contribution in [1.29, 1.82) is 0 Å². The number of amides is 1. The van der Waals surface area contributed by atoms with E-state index in [4.69, 9.17) is 11.6 Å². The highest BCUT2D eigenvalue weighted by molar-refractivity contribution is 6.30. The molecule has 0 spiro atoms. The summed E-state index contributed by atoms with van der Waals surface area (Å²) in [5.74, 6) is -0.432. The van der Waals surface area contributed by atoms with Crippen molar-refractivity contribution < 1.29 is 13.6 Å². The van der Waals surface area contributed by atoms with Crippen molar-refractivity contribution in [3.8, 4) is 0 Å². The number of hydrogen-bond acceptors (Lipinski definition) is 2. The Morgan fingerprint density at radius 2 is 1.77 bits per heavy atom. The van der Waals surface area contributed by atoms with Gasteiger partial charge in [-0.3, -0.25) is 4.79 Å². The van der Waals surface area contributed by atoms with E-state index < -0.39 is 11.6 Å². The van der Waals surface area contributed by atoms with Crippen LogP contribution in [0.1, 0.15) is 43.1 Å². The fourth-order valence-electron chi connectivity index (χ4n) is 5.47. The van der Waals surface area contributed by atoms with E-state index in [9.17, 15) is 13.6 Å². The van der Waals surface area contributed by atoms with E-state index in [-0.39, 0.29) is 17.5 Å². The second-order valence-corrected chi connectivity index (χ2v) is 9.50. The lowest BCUT2D eigenvalue weighted by atomic mass is 9.90. The predicted octanol–water partition coefficient (Wildman–Crippen LogP) is 5.37. The van der Waals surface area contributed by atoms with Crippen LogP contribution in [0.4, 0.5) is 8.78 Å². The van der Waals surface area contributed by atoms with Crippen molar-refractivity contribution in [3.63, 3.8) is 0 Å². The maximum absolute atomic E-state index is 13.7. The Balaban J connectivity index is 1.27. The third-order valence-electron chi connectivity index (χ3n) is 6.81. The second kappa shape index (κ2) is 6.77. The van der Waals surface area contributed by atoms with Gasteiger partial charge in [-0.15, -0.1) is 0 Å². The minimum absolute atomic E-state index is 0.101. The monoisotopic (exact) mass is 429 g/mol. The number of nitrogens with zero attached hydrogens (tertiary/aromatic N) is 2. The minimum Gasteiger partial charge on any atom is -0.347 e. The molecule has 2 saturated carbocycles. The number of carbonyl (C=O) groups is 1. The molecular weight excluding hydrogens is 408 g/mol. The summed E-state index contributed by atoms with van der Waals surface area (Å²) in [5, 5.41) is 3.78. The number of hydrogen-bond donors (Lipinski definition) is 1. The Morgan fingerprint density at radius 1 is 1.13 bits per heavy atom. The van der Waals surface area contributed by atoms with E-state index in [1.165, 1.54) is 6.07 Å². The van der Waals surface area contributed by atoms with Crippen LogP contribution in [0.3, 0.4) is 0 Å². The normalized spacial score (nSPS) is 25.4. The van der Waals surface area contributed by atoms with Crippen molar-refractivity contribution in [3.05, 3.63) is 64.9 Å². The summed E-state index contributed by atoms with van der Waals surface area (Å²) in [6.45, 7) is 4.15. The third-order valence-corrected chi connectivity index (χ3v) is 7.06. The number of rotatable bonds is 4. The van der Waals surface area contributed by atoms with Crippen LogP contribution in [0.15, 0.2) is 42.7 Å². The molecule has 0 unspecified atom stereocenters. The third kappa shape index (κ3) is 3.18. The molecular formula is C23H22ClF2N3O. The molecule has 4 nitrogen and oxygen atoms in total. The van der Waals surface area contributed by atoms with Crippen LogP contribution >= 0.6 is 11.6 Å². The first-order valence-corrected chi connectivity index (χ1v) is 10.5. The first-order valence-electron chi connectivity index (χ1n) is 10.1. The van der Waals surface area contributed by atoms with Gasteiger partial charge in [0.25, 0.3) is 5.91 Å². The lowest BCUT2D eigenvalue weighted by Crippen LogP contribution is -2.46. The fraction of sp³-hybridized carbons (Fsp3) is 0.391. The van der Waals surface area contributed by atoms with Crippen molar-refractivity contribution in [2.75, 3.05) is 0 Å². The molecule has 30 heavy (non-hydrogen) atoms. The van der Waals surface area contributed by atoms with Gasteiger partial charge in [0.2, 0.25) is 0 Å². The summed E-state index contributed by atoms with van der Waals surface area (Å²) in [4.78, 5) is 16.9. The van der Waals surface area contributed by atoms with E-state index >= 15 is 0 Å². The molecule has 0 bridgehead atoms. The number of aromatic nitrogens is 2. The molecule has 2 aliphatic rings. The van der Waals surface area contributed by atoms with Crippen LogP contribution in [0.25, 0.3) is 11.0 Å². The van der Waals surface area contributed by atoms with Gasteiger partial charge in [0.1, 0.15) is 0 Å². The number of fused-ring (bicyclic) bond motifs is 2. The number of imidazole rings is 1. The molecule has 1 aromatic heterocycles. The maximum Gasteiger partial charge on any atom is 0.251 e. The van der Waals surface area contributed by atoms with Gasteiger partial charge in [-0.1, -0.05) is 11.6 Å². The summed E-state index contributed by atoms with van der Waals surface area (Å²) < 4.78 is 29.2. The van der Waals surface area contributed by atoms with Crippen molar-refractivity contribution >= 4 is 28.5 Å². The zero-order valence-electron chi connectivity index (χ0n) is 16.7. The van der Waals surface area contributed by atoms with Gasteiger partial charge in [0.05, 0.1) is 17.4 Å². The van der Waals surface area contributed by atoms with E-state index in [0.717, 1.165) is 18.9 Å². The molecule has 1 heterocycles. The molecule has 156 valence electrons. The Hall–Kier alpha value is -2.47. The highest BCUT2D eigenvalue weighted by atomic mass is 35.5. The average molecular weight is 430 g/mol. The van der Waals surface area contributed by atoms with E-state index in [1.807, 2.05) is 4.57 Å². The molecule has 1 N–H and O–H groups in total. The largest absolute Gasteiger partial charge is 0.347 e. The average Bonchev–Trinajstić information content (AvgIpc) is 3.02. The van der Waals surface area contributed by atoms with Gasteiger partial charge in [0.15, 0.2) is 11.6 Å². The van der Waals surface area contributed by atoms with Crippen LogP contribution < -0.4 is 5.32 Å². The molecule has 2 fully saturated rings. The highest BCUT2D eigenvalue weighted by Gasteiger charge is 2.62. The highest BCUT2D eigenvalue weighted by Crippen LogP contribution is 2.64. The number of carbonyl (C=O) groups excluding carboxylic acids is 1. The van der Waals surface area contributed by atoms with E-state index in [0.29, 0.717) is 39.4 Å². The summed E-state index contributed by atoms with van der Waals surface area (Å²) in [6, 6.07) is 9.47. The van der Waals surface area contributed by atoms with Gasteiger partial charge in [-0.05, 0) is 68.7 Å². The SMILES string of the molecule is CC(C)(NC(=O)c1ccc(Cl)cc1)[C@H]1[C@@H]2C[C@@H](n3cnc4cc(F)c(F)cc43)C[C@@H]21. The summed E-state index contributed by atoms with van der Waals surface area (Å²) in [7, 11) is 0. The fourth-order valence-corrected chi connectivity index (χ4v) is 5.60. The molecule has 0 aliphatic heterocycles. The predicted molar refractivity (Wildman–Crippen MR) is 111 cm³/mol. The molecule has 4 atom stereocenters. The van der Waals surface area contributed by atoms with Gasteiger partial charge in [0, 0.05) is 34.3 Å². The van der Waals surface area contributed by atoms with Crippen LogP contribution in [0.2, 0.25) is 5.02 Å². The lowest BCUT2D eigenvalue weighted by molar-refractivity contribution is 0.0895. The Kier molecular flexibility index (Phi) is 4.40. The second-order valence-electron chi connectivity index (χ2n) is 9.07. The lowest BCUT2D eigenvalue weighted by Gasteiger charge is -2.30. The van der Waals surface area contributed by atoms with Crippen LogP contribution in [0, 0.1) is 29.4 Å². The zero-order valence-corrected chi connectivity index (χ0v) is 17.5. The van der Waals surface area contributed by atoms with Crippen molar-refractivity contribution in [2.45, 2.75) is 38.3 Å². The molecule has 7 heteroatoms. The molecule has 0 radical (unpaired) electrons. The van der Waals surface area contributed by atoms with Crippen LogP contribution in [-0.4, -0.2) is 21.0 Å². The van der Waals surface area contributed by atoms with Gasteiger partial charge < -0.3 is 9.88 Å². The Bertz CT molecular complexity index is 1130. The van der Waals surface area contributed by atoms with Gasteiger partial charge in [-0.25, -0.2) is 13.8 Å². The zero-order chi connectivity index (χ0) is 21.2. The van der Waals surface area contributed by atoms with Gasteiger partial charge in [-0.2, -0.15) is 0 Å². The maximum atomic E-state index is 13.7. The summed E-state index contributed by atoms with van der Waals surface area (Å²) in [6.07, 6.45) is 3.57. The molecule has 1 amide bonds. The molecule has 0 saturated heterocycles. The van der Waals surface area contributed by atoms with E-state index in [2.05, 4.69) is 24.1 Å². The van der Waals surface area contributed by atoms with Crippen molar-refractivity contribution in [1.82, 2.24) is 14.9 Å². The molecule has 3 aromatic rings. The van der Waals surface area contributed by atoms with Crippen LogP contribution in [0.5, 0.6) is 0 Å². The number of halogens is 3. The topological polar surface area (TPSA) is 46.9 Å². The van der Waals surface area contributed by atoms with Gasteiger partial charge >= 0.3 is 0 Å². The van der Waals surface area contributed by atoms with Crippen LogP contribution in [-0.2, 0) is 0 Å². The standard InChI is InChI=1S/C23H22ClF2N3O/c1-23(2,28-22(30)12-3-5-13(24)6-4-12)21-15-7-14(8-16(15)21)29-11-27-19-9-17(25)18(26)10-20(19)29/h3-6,9-11,14-16,21H,7-8H2,1-2H3,(H,28,30)/t14-,15-,16+,21+. The molecule has 2 aromatic carbocycles. The Labute approximate surface area is 178 Å².